The van der Waals surface area contributed by atoms with E-state index in [9.17, 15) is 13.5 Å². The first-order valence-electron chi connectivity index (χ1n) is 4.10. The Bertz CT molecular complexity index is 531. The van der Waals surface area contributed by atoms with Crippen LogP contribution in [0.25, 0.3) is 0 Å². The summed E-state index contributed by atoms with van der Waals surface area (Å²) < 4.78 is 22.3. The van der Waals surface area contributed by atoms with E-state index in [1.807, 2.05) is 0 Å². The van der Waals surface area contributed by atoms with Crippen LogP contribution in [-0.2, 0) is 15.5 Å². The van der Waals surface area contributed by atoms with Gasteiger partial charge in [-0.2, -0.15) is 5.26 Å². The van der Waals surface area contributed by atoms with E-state index in [2.05, 4.69) is 0 Å². The van der Waals surface area contributed by atoms with Gasteiger partial charge in [0.15, 0.2) is 0 Å². The van der Waals surface area contributed by atoms with Crippen LogP contribution in [-0.4, -0.2) is 13.5 Å². The number of hydrogen-bond donors (Lipinski definition) is 1. The SMILES string of the molecule is CCc1cc(O)c(C#N)cc1S(=O)(=O)Cl. The molecule has 1 aromatic rings. The third-order valence-corrected chi connectivity index (χ3v) is 3.35. The first-order valence-corrected chi connectivity index (χ1v) is 6.41. The van der Waals surface area contributed by atoms with Gasteiger partial charge in [-0.25, -0.2) is 8.42 Å². The Kier molecular flexibility index (Phi) is 3.22. The van der Waals surface area contributed by atoms with Crippen LogP contribution in [0.2, 0.25) is 0 Å². The van der Waals surface area contributed by atoms with Crippen LogP contribution in [0.5, 0.6) is 5.75 Å². The lowest BCUT2D eigenvalue weighted by Gasteiger charge is -2.06. The molecule has 0 saturated heterocycles. The van der Waals surface area contributed by atoms with Gasteiger partial charge in [-0.3, -0.25) is 0 Å². The topological polar surface area (TPSA) is 78.2 Å². The van der Waals surface area contributed by atoms with Gasteiger partial charge in [0.25, 0.3) is 9.05 Å². The molecular formula is C9H8ClNO3S. The lowest BCUT2D eigenvalue weighted by atomic mass is 10.1. The van der Waals surface area contributed by atoms with E-state index in [1.54, 1.807) is 13.0 Å². The number of rotatable bonds is 2. The zero-order valence-corrected chi connectivity index (χ0v) is 9.43. The number of halogens is 1. The molecule has 6 heteroatoms. The minimum absolute atomic E-state index is 0.105. The standard InChI is InChI=1S/C9H8ClNO3S/c1-2-6-3-8(12)7(5-11)4-9(6)15(10,13)14/h3-4,12H,2H2,1H3. The van der Waals surface area contributed by atoms with E-state index in [4.69, 9.17) is 15.9 Å². The number of benzene rings is 1. The quantitative estimate of drug-likeness (QED) is 0.806. The summed E-state index contributed by atoms with van der Waals surface area (Å²) in [7, 11) is 1.32. The van der Waals surface area contributed by atoms with Crippen LogP contribution < -0.4 is 0 Å². The highest BCUT2D eigenvalue weighted by molar-refractivity contribution is 8.13. The predicted molar refractivity (Wildman–Crippen MR) is 55.2 cm³/mol. The summed E-state index contributed by atoms with van der Waals surface area (Å²) >= 11 is 0. The van der Waals surface area contributed by atoms with Crippen molar-refractivity contribution in [3.05, 3.63) is 23.3 Å². The van der Waals surface area contributed by atoms with Gasteiger partial charge in [0.05, 0.1) is 10.5 Å². The average molecular weight is 246 g/mol. The Balaban J connectivity index is 3.59. The van der Waals surface area contributed by atoms with Crippen molar-refractivity contribution < 1.29 is 13.5 Å². The van der Waals surface area contributed by atoms with Crippen LogP contribution in [0.1, 0.15) is 18.1 Å². The molecule has 0 bridgehead atoms. The highest BCUT2D eigenvalue weighted by Gasteiger charge is 2.17. The molecule has 0 spiro atoms. The predicted octanol–water partition coefficient (Wildman–Crippen LogP) is 1.75. The van der Waals surface area contributed by atoms with Crippen molar-refractivity contribution in [3.63, 3.8) is 0 Å². The van der Waals surface area contributed by atoms with Crippen molar-refractivity contribution >= 4 is 19.7 Å². The van der Waals surface area contributed by atoms with Crippen LogP contribution in [0.3, 0.4) is 0 Å². The van der Waals surface area contributed by atoms with Crippen molar-refractivity contribution in [2.24, 2.45) is 0 Å². The summed E-state index contributed by atoms with van der Waals surface area (Å²) in [6.45, 7) is 1.73. The molecule has 0 aliphatic heterocycles. The van der Waals surface area contributed by atoms with Gasteiger partial charge < -0.3 is 5.11 Å². The highest BCUT2D eigenvalue weighted by atomic mass is 35.7. The minimum atomic E-state index is -3.88. The largest absolute Gasteiger partial charge is 0.507 e. The Labute approximate surface area is 92.1 Å². The molecule has 0 fully saturated rings. The number of phenolic OH excluding ortho intramolecular Hbond substituents is 1. The molecule has 0 saturated carbocycles. The monoisotopic (exact) mass is 245 g/mol. The number of nitriles is 1. The van der Waals surface area contributed by atoms with Gasteiger partial charge in [0.1, 0.15) is 11.8 Å². The molecule has 0 atom stereocenters. The van der Waals surface area contributed by atoms with E-state index in [0.29, 0.717) is 12.0 Å². The lowest BCUT2D eigenvalue weighted by molar-refractivity contribution is 0.472. The Morgan fingerprint density at radius 1 is 1.53 bits per heavy atom. The molecule has 0 amide bonds. The van der Waals surface area contributed by atoms with Gasteiger partial charge in [-0.05, 0) is 24.1 Å². The van der Waals surface area contributed by atoms with Gasteiger partial charge in [-0.1, -0.05) is 6.92 Å². The van der Waals surface area contributed by atoms with E-state index < -0.39 is 9.05 Å². The van der Waals surface area contributed by atoms with Gasteiger partial charge in [0.2, 0.25) is 0 Å². The number of hydrogen-bond acceptors (Lipinski definition) is 4. The second kappa shape index (κ2) is 4.09. The molecule has 0 aliphatic carbocycles. The molecule has 1 rings (SSSR count). The first-order chi connectivity index (χ1) is 6.90. The molecule has 1 aromatic carbocycles. The zero-order chi connectivity index (χ0) is 11.6. The number of phenols is 1. The number of nitrogens with zero attached hydrogens (tertiary/aromatic N) is 1. The third-order valence-electron chi connectivity index (χ3n) is 1.94. The maximum absolute atomic E-state index is 11.2. The van der Waals surface area contributed by atoms with Crippen LogP contribution >= 0.6 is 10.7 Å². The van der Waals surface area contributed by atoms with Gasteiger partial charge in [0, 0.05) is 10.7 Å². The summed E-state index contributed by atoms with van der Waals surface area (Å²) in [5.74, 6) is -0.238. The Morgan fingerprint density at radius 3 is 2.53 bits per heavy atom. The van der Waals surface area contributed by atoms with Crippen LogP contribution in [0.4, 0.5) is 0 Å². The Hall–Kier alpha value is -1.25. The molecule has 0 radical (unpaired) electrons. The fourth-order valence-electron chi connectivity index (χ4n) is 1.20. The van der Waals surface area contributed by atoms with E-state index in [-0.39, 0.29) is 16.2 Å². The first kappa shape index (κ1) is 11.8. The van der Waals surface area contributed by atoms with E-state index in [0.717, 1.165) is 6.07 Å². The van der Waals surface area contributed by atoms with Crippen molar-refractivity contribution in [1.82, 2.24) is 0 Å². The minimum Gasteiger partial charge on any atom is -0.507 e. The van der Waals surface area contributed by atoms with Crippen molar-refractivity contribution in [3.8, 4) is 11.8 Å². The molecular weight excluding hydrogens is 238 g/mol. The smallest absolute Gasteiger partial charge is 0.261 e. The fourth-order valence-corrected chi connectivity index (χ4v) is 2.41. The van der Waals surface area contributed by atoms with Gasteiger partial charge in [-0.15, -0.1) is 0 Å². The number of aryl methyl sites for hydroxylation is 1. The fraction of sp³-hybridized carbons (Fsp3) is 0.222. The lowest BCUT2D eigenvalue weighted by Crippen LogP contribution is -1.98. The van der Waals surface area contributed by atoms with Crippen molar-refractivity contribution in [2.45, 2.75) is 18.2 Å². The van der Waals surface area contributed by atoms with Crippen LogP contribution in [0.15, 0.2) is 17.0 Å². The average Bonchev–Trinajstić information content (AvgIpc) is 2.15. The van der Waals surface area contributed by atoms with E-state index >= 15 is 0 Å². The van der Waals surface area contributed by atoms with E-state index in [1.165, 1.54) is 6.07 Å². The van der Waals surface area contributed by atoms with Crippen LogP contribution in [0, 0.1) is 11.3 Å². The summed E-state index contributed by atoms with van der Waals surface area (Å²) in [6, 6.07) is 4.01. The second-order valence-corrected chi connectivity index (χ2v) is 5.41. The second-order valence-electron chi connectivity index (χ2n) is 2.88. The molecule has 80 valence electrons. The number of aromatic hydroxyl groups is 1. The van der Waals surface area contributed by atoms with Gasteiger partial charge >= 0.3 is 0 Å². The molecule has 15 heavy (non-hydrogen) atoms. The molecule has 0 aliphatic rings. The molecule has 1 N–H and O–H groups in total. The summed E-state index contributed by atoms with van der Waals surface area (Å²) in [5.41, 5.74) is 0.285. The molecule has 0 unspecified atom stereocenters. The third kappa shape index (κ3) is 2.41. The molecule has 0 heterocycles. The van der Waals surface area contributed by atoms with Crippen molar-refractivity contribution in [2.75, 3.05) is 0 Å². The zero-order valence-electron chi connectivity index (χ0n) is 7.86. The normalized spacial score (nSPS) is 11.0. The summed E-state index contributed by atoms with van der Waals surface area (Å²) in [5, 5.41) is 18.0. The van der Waals surface area contributed by atoms with Crippen molar-refractivity contribution in [1.29, 1.82) is 5.26 Å². The summed E-state index contributed by atoms with van der Waals surface area (Å²) in [4.78, 5) is -0.124. The summed E-state index contributed by atoms with van der Waals surface area (Å²) in [6.07, 6.45) is 0.403. The Morgan fingerprint density at radius 2 is 2.13 bits per heavy atom. The molecule has 4 nitrogen and oxygen atoms in total. The highest BCUT2D eigenvalue weighted by Crippen LogP contribution is 2.27. The molecule has 0 aromatic heterocycles. The maximum Gasteiger partial charge on any atom is 0.261 e. The maximum atomic E-state index is 11.2.